The third-order valence-corrected chi connectivity index (χ3v) is 6.55. The van der Waals surface area contributed by atoms with Gasteiger partial charge in [0.25, 0.3) is 0 Å². The molecule has 2 aromatic carbocycles. The predicted molar refractivity (Wildman–Crippen MR) is 114 cm³/mol. The van der Waals surface area contributed by atoms with E-state index in [-0.39, 0.29) is 18.5 Å². The fraction of sp³-hybridized carbons (Fsp3) is 0.273. The molecule has 4 rings (SSSR count). The number of alkyl halides is 2. The lowest BCUT2D eigenvalue weighted by Crippen LogP contribution is -2.40. The largest absolute Gasteiger partial charge is 0.461 e. The third kappa shape index (κ3) is 4.21. The van der Waals surface area contributed by atoms with Crippen LogP contribution in [-0.4, -0.2) is 29.9 Å². The molecule has 0 amide bonds. The van der Waals surface area contributed by atoms with Crippen LogP contribution in [0.1, 0.15) is 18.2 Å². The zero-order valence-corrected chi connectivity index (χ0v) is 17.6. The maximum absolute atomic E-state index is 14.5. The first kappa shape index (κ1) is 21.5. The topological polar surface area (TPSA) is 84.5 Å². The summed E-state index contributed by atoms with van der Waals surface area (Å²) >= 11 is 0. The molecule has 31 heavy (non-hydrogen) atoms. The number of benzene rings is 2. The van der Waals surface area contributed by atoms with Crippen molar-refractivity contribution in [2.45, 2.75) is 32.0 Å². The number of aliphatic hydroxyl groups is 1. The molecule has 9 heteroatoms. The molecule has 0 saturated heterocycles. The second-order valence-electron chi connectivity index (χ2n) is 7.36. The van der Waals surface area contributed by atoms with E-state index in [2.05, 4.69) is 0 Å². The monoisotopic (exact) mass is 448 g/mol. The van der Waals surface area contributed by atoms with E-state index in [4.69, 9.17) is 4.42 Å². The number of nitrogens with one attached hydrogen (secondary N) is 1. The molecule has 0 aliphatic heterocycles. The summed E-state index contributed by atoms with van der Waals surface area (Å²) in [6, 6.07) is 13.0. The second-order valence-corrected chi connectivity index (χ2v) is 9.37. The van der Waals surface area contributed by atoms with E-state index in [1.807, 2.05) is 53.1 Å². The van der Waals surface area contributed by atoms with E-state index in [0.29, 0.717) is 0 Å². The number of furan rings is 1. The molecule has 1 atom stereocenters. The molecule has 0 bridgehead atoms. The van der Waals surface area contributed by atoms with Crippen LogP contribution in [0.3, 0.4) is 0 Å². The van der Waals surface area contributed by atoms with Crippen molar-refractivity contribution in [1.29, 1.82) is 0 Å². The first-order valence-corrected chi connectivity index (χ1v) is 11.5. The van der Waals surface area contributed by atoms with Crippen molar-refractivity contribution in [3.8, 4) is 0 Å². The lowest BCUT2D eigenvalue weighted by molar-refractivity contribution is -0.0389. The van der Waals surface area contributed by atoms with E-state index < -0.39 is 33.7 Å². The summed E-state index contributed by atoms with van der Waals surface area (Å²) in [5, 5.41) is 12.8. The first-order valence-electron chi connectivity index (χ1n) is 9.82. The molecule has 0 saturated carbocycles. The van der Waals surface area contributed by atoms with Gasteiger partial charge in [0.2, 0.25) is 10.0 Å². The summed E-state index contributed by atoms with van der Waals surface area (Å²) in [6.45, 7) is 1.43. The van der Waals surface area contributed by atoms with Gasteiger partial charge in [0.1, 0.15) is 0 Å². The lowest BCUT2D eigenvalue weighted by Gasteiger charge is -2.18. The van der Waals surface area contributed by atoms with Crippen molar-refractivity contribution < 1.29 is 26.7 Å². The number of sulfonamides is 1. The molecule has 0 spiro atoms. The van der Waals surface area contributed by atoms with Gasteiger partial charge in [-0.25, -0.2) is 8.42 Å². The Kier molecular flexibility index (Phi) is 5.59. The van der Waals surface area contributed by atoms with Gasteiger partial charge in [0.15, 0.2) is 5.76 Å². The average molecular weight is 448 g/mol. The minimum absolute atomic E-state index is 0.0390. The van der Waals surface area contributed by atoms with Crippen molar-refractivity contribution in [2.75, 3.05) is 5.75 Å². The Balaban J connectivity index is 1.61. The van der Waals surface area contributed by atoms with Crippen molar-refractivity contribution in [3.05, 3.63) is 72.2 Å². The quantitative estimate of drug-likeness (QED) is 0.400. The van der Waals surface area contributed by atoms with Gasteiger partial charge in [-0.15, -0.1) is 4.72 Å². The fourth-order valence-electron chi connectivity index (χ4n) is 3.81. The van der Waals surface area contributed by atoms with Gasteiger partial charge in [0, 0.05) is 40.3 Å². The first-order chi connectivity index (χ1) is 14.7. The summed E-state index contributed by atoms with van der Waals surface area (Å²) in [5.41, 5.74) is 1.89. The zero-order valence-electron chi connectivity index (χ0n) is 16.8. The Hall–Kier alpha value is -2.75. The van der Waals surface area contributed by atoms with E-state index in [1.165, 1.54) is 17.7 Å². The molecular weight excluding hydrogens is 426 g/mol. The number of halogens is 2. The summed E-state index contributed by atoms with van der Waals surface area (Å²) in [6.07, 6.45) is -0.0728. The third-order valence-electron chi connectivity index (χ3n) is 5.22. The maximum atomic E-state index is 14.5. The van der Waals surface area contributed by atoms with Gasteiger partial charge in [0.05, 0.1) is 18.1 Å². The van der Waals surface area contributed by atoms with Gasteiger partial charge in [-0.3, -0.25) is 0 Å². The van der Waals surface area contributed by atoms with Crippen molar-refractivity contribution >= 4 is 31.8 Å². The van der Waals surface area contributed by atoms with Gasteiger partial charge in [-0.1, -0.05) is 36.4 Å². The predicted octanol–water partition coefficient (Wildman–Crippen LogP) is 3.98. The summed E-state index contributed by atoms with van der Waals surface area (Å²) in [5.74, 6) is -1.31. The SMILES string of the molecule is CCS(=O)(=O)NC(F)(F)c1occc1CC(O)Cn1c2ccccc2c2ccccc21. The number of fused-ring (bicyclic) bond motifs is 3. The van der Waals surface area contributed by atoms with Gasteiger partial charge >= 0.3 is 6.05 Å². The number of nitrogens with zero attached hydrogens (tertiary/aromatic N) is 1. The van der Waals surface area contributed by atoms with Crippen LogP contribution in [0.15, 0.2) is 65.3 Å². The summed E-state index contributed by atoms with van der Waals surface area (Å²) in [4.78, 5) is 0. The van der Waals surface area contributed by atoms with Crippen LogP contribution >= 0.6 is 0 Å². The molecule has 1 unspecified atom stereocenters. The van der Waals surface area contributed by atoms with Crippen LogP contribution in [0.5, 0.6) is 0 Å². The van der Waals surface area contributed by atoms with Crippen LogP contribution in [0.4, 0.5) is 8.78 Å². The van der Waals surface area contributed by atoms with Crippen molar-refractivity contribution in [1.82, 2.24) is 9.29 Å². The van der Waals surface area contributed by atoms with Gasteiger partial charge in [-0.05, 0) is 25.1 Å². The Morgan fingerprint density at radius 2 is 1.65 bits per heavy atom. The molecule has 2 heterocycles. The van der Waals surface area contributed by atoms with Crippen LogP contribution < -0.4 is 4.72 Å². The standard InChI is InChI=1S/C22H22F2N2O4S/c1-2-31(28,29)25-22(23,24)21-15(11-12-30-21)13-16(27)14-26-19-9-5-3-7-17(19)18-8-4-6-10-20(18)26/h3-12,16,25,27H,2,13-14H2,1H3. The van der Waals surface area contributed by atoms with Crippen molar-refractivity contribution in [3.63, 3.8) is 0 Å². The lowest BCUT2D eigenvalue weighted by atomic mass is 10.1. The average Bonchev–Trinajstić information content (AvgIpc) is 3.32. The Morgan fingerprint density at radius 3 is 2.23 bits per heavy atom. The van der Waals surface area contributed by atoms with Crippen LogP contribution in [-0.2, 0) is 29.0 Å². The molecular formula is C22H22F2N2O4S. The van der Waals surface area contributed by atoms with Crippen molar-refractivity contribution in [2.24, 2.45) is 0 Å². The molecule has 0 fully saturated rings. The molecule has 0 aliphatic carbocycles. The number of hydrogen-bond donors (Lipinski definition) is 2. The highest BCUT2D eigenvalue weighted by Crippen LogP contribution is 2.32. The molecule has 0 radical (unpaired) electrons. The number of rotatable bonds is 8. The maximum Gasteiger partial charge on any atom is 0.373 e. The Bertz CT molecular complexity index is 1270. The molecule has 0 aliphatic rings. The van der Waals surface area contributed by atoms with Gasteiger partial charge < -0.3 is 14.1 Å². The van der Waals surface area contributed by atoms with E-state index in [1.54, 1.807) is 0 Å². The zero-order chi connectivity index (χ0) is 22.2. The Labute approximate surface area is 178 Å². The van der Waals surface area contributed by atoms with Crippen LogP contribution in [0, 0.1) is 0 Å². The minimum Gasteiger partial charge on any atom is -0.461 e. The number of aromatic nitrogens is 1. The normalized spacial score (nSPS) is 13.8. The minimum atomic E-state index is -4.16. The molecule has 6 nitrogen and oxygen atoms in total. The molecule has 164 valence electrons. The smallest absolute Gasteiger partial charge is 0.373 e. The van der Waals surface area contributed by atoms with Crippen LogP contribution in [0.25, 0.3) is 21.8 Å². The molecule has 2 N–H and O–H groups in total. The number of hydrogen-bond acceptors (Lipinski definition) is 4. The Morgan fingerprint density at radius 1 is 1.06 bits per heavy atom. The van der Waals surface area contributed by atoms with Gasteiger partial charge in [-0.2, -0.15) is 8.78 Å². The van der Waals surface area contributed by atoms with E-state index in [0.717, 1.165) is 28.1 Å². The van der Waals surface area contributed by atoms with E-state index >= 15 is 0 Å². The number of aliphatic hydroxyl groups excluding tert-OH is 1. The van der Waals surface area contributed by atoms with Crippen LogP contribution in [0.2, 0.25) is 0 Å². The highest BCUT2D eigenvalue weighted by molar-refractivity contribution is 7.89. The summed E-state index contributed by atoms with van der Waals surface area (Å²) in [7, 11) is -4.16. The summed E-state index contributed by atoms with van der Waals surface area (Å²) < 4.78 is 60.5. The molecule has 2 aromatic heterocycles. The second kappa shape index (κ2) is 8.07. The molecule has 4 aromatic rings. The fourth-order valence-corrected chi connectivity index (χ4v) is 4.44. The van der Waals surface area contributed by atoms with E-state index in [9.17, 15) is 22.3 Å². The highest BCUT2D eigenvalue weighted by atomic mass is 32.2. The highest BCUT2D eigenvalue weighted by Gasteiger charge is 2.41. The number of para-hydroxylation sites is 2.